The highest BCUT2D eigenvalue weighted by Gasteiger charge is 2.35. The number of nitrogens with one attached hydrogen (secondary N) is 2. The Morgan fingerprint density at radius 2 is 1.87 bits per heavy atom. The number of nitrogens with zero attached hydrogens (tertiary/aromatic N) is 2. The highest BCUT2D eigenvalue weighted by Crippen LogP contribution is 2.26. The van der Waals surface area contributed by atoms with Gasteiger partial charge in [-0.1, -0.05) is 30.2 Å². The number of ether oxygens (including phenoxy) is 1. The minimum absolute atomic E-state index is 0.160. The van der Waals surface area contributed by atoms with Crippen LogP contribution in [0.15, 0.2) is 78.2 Å². The quantitative estimate of drug-likeness (QED) is 0.188. The van der Waals surface area contributed by atoms with Gasteiger partial charge in [-0.15, -0.1) is 11.3 Å². The van der Waals surface area contributed by atoms with Crippen LogP contribution >= 0.6 is 11.3 Å². The maximum atomic E-state index is 12.9. The first-order valence-electron chi connectivity index (χ1n) is 13.9. The predicted octanol–water partition coefficient (Wildman–Crippen LogP) is 3.62. The summed E-state index contributed by atoms with van der Waals surface area (Å²) in [6.45, 7) is 2.77. The lowest BCUT2D eigenvalue weighted by Crippen LogP contribution is -2.59. The molecule has 232 valence electrons. The number of hydrogen-bond donors (Lipinski definition) is 4. The van der Waals surface area contributed by atoms with Crippen molar-refractivity contribution in [3.63, 3.8) is 0 Å². The van der Waals surface area contributed by atoms with Crippen LogP contribution in [0.3, 0.4) is 0 Å². The molecular weight excluding hydrogens is 617 g/mol. The van der Waals surface area contributed by atoms with Gasteiger partial charge in [0.05, 0.1) is 11.3 Å². The Balaban J connectivity index is 1.23. The maximum Gasteiger partial charge on any atom is 0.335 e. The number of rotatable bonds is 10. The van der Waals surface area contributed by atoms with E-state index >= 15 is 0 Å². The zero-order chi connectivity index (χ0) is 32.0. The first-order chi connectivity index (χ1) is 21.6. The molecule has 1 unspecified atom stereocenters. The summed E-state index contributed by atoms with van der Waals surface area (Å²) in [5.74, 6) is 4.63. The molecule has 1 aliphatic heterocycles. The molecule has 1 aliphatic rings. The van der Waals surface area contributed by atoms with Crippen LogP contribution in [0.25, 0.3) is 11.3 Å². The summed E-state index contributed by atoms with van der Waals surface area (Å²) in [4.78, 5) is 28.6. The van der Waals surface area contributed by atoms with E-state index in [-0.39, 0.29) is 12.1 Å². The molecule has 4 aromatic rings. The highest BCUT2D eigenvalue weighted by atomic mass is 32.2. The summed E-state index contributed by atoms with van der Waals surface area (Å²) >= 11 is 1.41. The number of carbonyl (C=O) groups is 2. The van der Waals surface area contributed by atoms with Gasteiger partial charge in [0.2, 0.25) is 10.0 Å². The number of aromatic carboxylic acids is 1. The molecule has 3 aromatic carbocycles. The van der Waals surface area contributed by atoms with Crippen molar-refractivity contribution in [2.75, 3.05) is 24.5 Å². The molecule has 2 heterocycles. The van der Waals surface area contributed by atoms with Gasteiger partial charge in [0.25, 0.3) is 0 Å². The number of sulfonamides is 1. The van der Waals surface area contributed by atoms with Gasteiger partial charge in [0.15, 0.2) is 10.4 Å². The fourth-order valence-electron chi connectivity index (χ4n) is 4.61. The number of thiazole rings is 1. The molecule has 0 spiro atoms. The average molecular weight is 647 g/mol. The van der Waals surface area contributed by atoms with E-state index < -0.39 is 33.4 Å². The van der Waals surface area contributed by atoms with Crippen LogP contribution in [-0.4, -0.2) is 66.6 Å². The number of aromatic nitrogens is 1. The third kappa shape index (κ3) is 8.05. The molecule has 11 nitrogen and oxygen atoms in total. The molecular formula is C32H30N4O7S2. The van der Waals surface area contributed by atoms with Gasteiger partial charge in [-0.2, -0.15) is 4.72 Å². The fraction of sp³-hybridized carbons (Fsp3) is 0.219. The van der Waals surface area contributed by atoms with Crippen LogP contribution in [0.2, 0.25) is 0 Å². The first-order valence-corrected chi connectivity index (χ1v) is 16.4. The second-order valence-electron chi connectivity index (χ2n) is 10.2. The van der Waals surface area contributed by atoms with Crippen molar-refractivity contribution in [1.82, 2.24) is 15.0 Å². The standard InChI is InChI=1S/C32H30N4O7S2/c1-21(31(37)38)35-45(41,42)30-18-33-15-16-36(30)26-12-7-22(8-13-26)9-14-29-34-28(20-44-29)25-3-2-4-27(17-25)43-19-23-5-10-24(11-6-23)32(39)40/h2-8,10-13,17,20-21,30,33,35H,15-16,18-19H2,1H3,(H,37,38)(H,39,40)/t21-,30?/m1/s1. The fourth-order valence-corrected chi connectivity index (χ4v) is 6.93. The van der Waals surface area contributed by atoms with E-state index in [1.54, 1.807) is 41.3 Å². The number of hydrogen-bond acceptors (Lipinski definition) is 9. The van der Waals surface area contributed by atoms with Crippen LogP contribution in [0.4, 0.5) is 5.69 Å². The average Bonchev–Trinajstić information content (AvgIpc) is 3.52. The zero-order valence-electron chi connectivity index (χ0n) is 24.1. The molecule has 0 saturated carbocycles. The van der Waals surface area contributed by atoms with Gasteiger partial charge in [0, 0.05) is 41.8 Å². The molecule has 0 radical (unpaired) electrons. The van der Waals surface area contributed by atoms with Crippen LogP contribution < -0.4 is 19.7 Å². The summed E-state index contributed by atoms with van der Waals surface area (Å²) in [7, 11) is -3.95. The normalized spacial score (nSPS) is 15.5. The second-order valence-corrected chi connectivity index (χ2v) is 13.0. The SMILES string of the molecule is C[C@@H](NS(=O)(=O)C1CNCCN1c1ccc(C#Cc2nc(-c3cccc(OCc4ccc(C(=O)O)cc4)c3)cs2)cc1)C(=O)O. The second kappa shape index (κ2) is 13.9. The Bertz CT molecular complexity index is 1850. The Labute approximate surface area is 264 Å². The monoisotopic (exact) mass is 646 g/mol. The number of piperazine rings is 1. The van der Waals surface area contributed by atoms with Crippen molar-refractivity contribution in [3.8, 4) is 28.8 Å². The van der Waals surface area contributed by atoms with E-state index in [0.717, 1.165) is 22.4 Å². The van der Waals surface area contributed by atoms with Crippen LogP contribution in [0.1, 0.15) is 33.4 Å². The van der Waals surface area contributed by atoms with Gasteiger partial charge >= 0.3 is 11.9 Å². The maximum absolute atomic E-state index is 12.9. The summed E-state index contributed by atoms with van der Waals surface area (Å²) in [5.41, 5.74) is 4.12. The summed E-state index contributed by atoms with van der Waals surface area (Å²) in [6, 6.07) is 20.1. The molecule has 45 heavy (non-hydrogen) atoms. The lowest BCUT2D eigenvalue weighted by atomic mass is 10.1. The Hall–Kier alpha value is -4.74. The van der Waals surface area contributed by atoms with Crippen molar-refractivity contribution in [3.05, 3.63) is 99.9 Å². The molecule has 13 heteroatoms. The Morgan fingerprint density at radius 1 is 1.11 bits per heavy atom. The molecule has 1 fully saturated rings. The molecule has 0 amide bonds. The molecule has 5 rings (SSSR count). The molecule has 0 aliphatic carbocycles. The number of carboxylic acid groups (broad SMARTS) is 2. The molecule has 2 atom stereocenters. The highest BCUT2D eigenvalue weighted by molar-refractivity contribution is 7.90. The van der Waals surface area contributed by atoms with Gasteiger partial charge in [-0.05, 0) is 66.9 Å². The Morgan fingerprint density at radius 3 is 2.58 bits per heavy atom. The van der Waals surface area contributed by atoms with Crippen molar-refractivity contribution in [1.29, 1.82) is 0 Å². The van der Waals surface area contributed by atoms with Crippen molar-refractivity contribution in [2.24, 2.45) is 0 Å². The summed E-state index contributed by atoms with van der Waals surface area (Å²) in [5, 5.41) is 22.8. The van der Waals surface area contributed by atoms with Gasteiger partial charge in [-0.25, -0.2) is 18.2 Å². The summed E-state index contributed by atoms with van der Waals surface area (Å²) < 4.78 is 34.0. The van der Waals surface area contributed by atoms with Crippen LogP contribution in [-0.2, 0) is 21.4 Å². The van der Waals surface area contributed by atoms with Crippen molar-refractivity contribution in [2.45, 2.75) is 24.9 Å². The molecule has 1 aromatic heterocycles. The van der Waals surface area contributed by atoms with E-state index in [0.29, 0.717) is 36.1 Å². The van der Waals surface area contributed by atoms with Gasteiger partial charge < -0.3 is 25.2 Å². The third-order valence-electron chi connectivity index (χ3n) is 7.02. The zero-order valence-corrected chi connectivity index (χ0v) is 25.8. The molecule has 1 saturated heterocycles. The number of carboxylic acids is 2. The smallest absolute Gasteiger partial charge is 0.335 e. The number of aliphatic carboxylic acids is 1. The van der Waals surface area contributed by atoms with Crippen molar-refractivity contribution >= 4 is 39.0 Å². The van der Waals surface area contributed by atoms with E-state index in [2.05, 4.69) is 26.9 Å². The lowest BCUT2D eigenvalue weighted by Gasteiger charge is -2.37. The van der Waals surface area contributed by atoms with E-state index in [9.17, 15) is 18.0 Å². The van der Waals surface area contributed by atoms with Gasteiger partial charge in [-0.3, -0.25) is 4.79 Å². The summed E-state index contributed by atoms with van der Waals surface area (Å²) in [6.07, 6.45) is 0. The largest absolute Gasteiger partial charge is 0.489 e. The number of benzene rings is 3. The van der Waals surface area contributed by atoms with Crippen LogP contribution in [0.5, 0.6) is 5.75 Å². The number of anilines is 1. The molecule has 0 bridgehead atoms. The van der Waals surface area contributed by atoms with Crippen molar-refractivity contribution < 1.29 is 33.0 Å². The van der Waals surface area contributed by atoms with Gasteiger partial charge in [0.1, 0.15) is 18.4 Å². The minimum atomic E-state index is -3.95. The lowest BCUT2D eigenvalue weighted by molar-refractivity contribution is -0.138. The Kier molecular flexibility index (Phi) is 9.80. The topological polar surface area (TPSA) is 158 Å². The third-order valence-corrected chi connectivity index (χ3v) is 9.60. The predicted molar refractivity (Wildman–Crippen MR) is 171 cm³/mol. The molecule has 4 N–H and O–H groups in total. The van der Waals surface area contributed by atoms with Crippen LogP contribution in [0, 0.1) is 11.8 Å². The first kappa shape index (κ1) is 31.7. The van der Waals surface area contributed by atoms with E-state index in [1.165, 1.54) is 18.3 Å². The minimum Gasteiger partial charge on any atom is -0.489 e. The van der Waals surface area contributed by atoms with E-state index in [4.69, 9.17) is 14.9 Å². The van der Waals surface area contributed by atoms with E-state index in [1.807, 2.05) is 41.8 Å².